The molecule has 1 unspecified atom stereocenters. The van der Waals surface area contributed by atoms with E-state index in [4.69, 9.17) is 13.9 Å². The second kappa shape index (κ2) is 10.7. The van der Waals surface area contributed by atoms with Crippen molar-refractivity contribution in [3.05, 3.63) is 34.7 Å². The molecule has 1 aromatic carbocycles. The van der Waals surface area contributed by atoms with Gasteiger partial charge in [0.05, 0.1) is 19.3 Å². The number of carbonyl (C=O) groups is 1. The van der Waals surface area contributed by atoms with Crippen molar-refractivity contribution in [1.29, 1.82) is 0 Å². The molecule has 2 aliphatic heterocycles. The van der Waals surface area contributed by atoms with Crippen LogP contribution in [0.4, 0.5) is 16.5 Å². The van der Waals surface area contributed by atoms with E-state index in [1.807, 2.05) is 18.7 Å². The molecule has 1 amide bonds. The number of hydrogen-bond donors (Lipinski definition) is 2. The Morgan fingerprint density at radius 2 is 2.12 bits per heavy atom. The van der Waals surface area contributed by atoms with Gasteiger partial charge in [-0.3, -0.25) is 4.90 Å². The molecule has 186 valence electrons. The average Bonchev–Trinajstić information content (AvgIpc) is 3.25. The summed E-state index contributed by atoms with van der Waals surface area (Å²) in [5.41, 5.74) is 4.47. The number of carbonyl (C=O) groups excluding carboxylic acids is 1. The Morgan fingerprint density at radius 1 is 1.29 bits per heavy atom. The number of piperazine rings is 1. The standard InChI is InChI=1S/C24H36N6O4/c1-15(2)33-24(31)30-8-7-29(12-17(30)4)13-19-10-16(3)11-20(18(19)5)26-23-28-27-22(34-23)21-14-32-9-6-25-21/h10-11,15,17,21,25H,6-9,12-14H2,1-5H3,(H,26,28)/t17-,21?/m0/s1. The molecule has 1 aromatic heterocycles. The highest BCUT2D eigenvalue weighted by atomic mass is 16.6. The summed E-state index contributed by atoms with van der Waals surface area (Å²) in [6.07, 6.45) is -0.338. The summed E-state index contributed by atoms with van der Waals surface area (Å²) in [4.78, 5) is 16.6. The largest absolute Gasteiger partial charge is 0.447 e. The molecule has 4 rings (SSSR count). The lowest BCUT2D eigenvalue weighted by Crippen LogP contribution is -2.54. The number of nitrogens with one attached hydrogen (secondary N) is 2. The van der Waals surface area contributed by atoms with E-state index in [0.717, 1.165) is 43.0 Å². The van der Waals surface area contributed by atoms with Gasteiger partial charge in [0, 0.05) is 44.5 Å². The first-order chi connectivity index (χ1) is 16.3. The zero-order valence-corrected chi connectivity index (χ0v) is 20.8. The number of amides is 1. The number of hydrogen-bond acceptors (Lipinski definition) is 9. The molecule has 0 spiro atoms. The van der Waals surface area contributed by atoms with Crippen molar-refractivity contribution in [3.8, 4) is 0 Å². The monoisotopic (exact) mass is 472 g/mol. The number of ether oxygens (including phenoxy) is 2. The van der Waals surface area contributed by atoms with E-state index in [2.05, 4.69) is 58.6 Å². The van der Waals surface area contributed by atoms with Crippen LogP contribution in [-0.4, -0.2) is 77.6 Å². The Bertz CT molecular complexity index is 988. The van der Waals surface area contributed by atoms with Crippen LogP contribution in [0.25, 0.3) is 0 Å². The molecule has 2 fully saturated rings. The Labute approximate surface area is 201 Å². The first kappa shape index (κ1) is 24.4. The minimum atomic E-state index is -0.228. The van der Waals surface area contributed by atoms with Gasteiger partial charge in [-0.2, -0.15) is 0 Å². The number of benzene rings is 1. The molecule has 10 heteroatoms. The van der Waals surface area contributed by atoms with Gasteiger partial charge in [-0.1, -0.05) is 11.2 Å². The van der Waals surface area contributed by atoms with Crippen LogP contribution in [-0.2, 0) is 16.0 Å². The summed E-state index contributed by atoms with van der Waals surface area (Å²) in [5, 5.41) is 15.0. The molecule has 0 radical (unpaired) electrons. The molecule has 10 nitrogen and oxygen atoms in total. The van der Waals surface area contributed by atoms with Crippen LogP contribution in [0.2, 0.25) is 0 Å². The summed E-state index contributed by atoms with van der Waals surface area (Å²) >= 11 is 0. The maximum Gasteiger partial charge on any atom is 0.410 e. The predicted molar refractivity (Wildman–Crippen MR) is 128 cm³/mol. The van der Waals surface area contributed by atoms with Crippen molar-refractivity contribution in [3.63, 3.8) is 0 Å². The number of aryl methyl sites for hydroxylation is 1. The normalized spacial score (nSPS) is 21.6. The van der Waals surface area contributed by atoms with Crippen molar-refractivity contribution in [1.82, 2.24) is 25.3 Å². The molecule has 2 saturated heterocycles. The molecular weight excluding hydrogens is 436 g/mol. The fourth-order valence-electron chi connectivity index (χ4n) is 4.45. The van der Waals surface area contributed by atoms with Crippen LogP contribution in [0.15, 0.2) is 16.5 Å². The van der Waals surface area contributed by atoms with Gasteiger partial charge in [0.25, 0.3) is 0 Å². The van der Waals surface area contributed by atoms with Crippen LogP contribution in [0.3, 0.4) is 0 Å². The van der Waals surface area contributed by atoms with Crippen molar-refractivity contribution in [2.24, 2.45) is 0 Å². The molecule has 3 heterocycles. The highest BCUT2D eigenvalue weighted by Crippen LogP contribution is 2.27. The summed E-state index contributed by atoms with van der Waals surface area (Å²) in [5.74, 6) is 0.524. The predicted octanol–water partition coefficient (Wildman–Crippen LogP) is 3.14. The summed E-state index contributed by atoms with van der Waals surface area (Å²) in [6.45, 7) is 15.1. The van der Waals surface area contributed by atoms with Crippen LogP contribution < -0.4 is 10.6 Å². The Hall–Kier alpha value is -2.69. The third-order valence-electron chi connectivity index (χ3n) is 6.24. The third kappa shape index (κ3) is 5.86. The van der Waals surface area contributed by atoms with Gasteiger partial charge < -0.3 is 29.4 Å². The van der Waals surface area contributed by atoms with Gasteiger partial charge in [-0.15, -0.1) is 5.10 Å². The van der Waals surface area contributed by atoms with E-state index < -0.39 is 0 Å². The van der Waals surface area contributed by atoms with Crippen molar-refractivity contribution in [2.75, 3.05) is 44.7 Å². The molecule has 2 atom stereocenters. The van der Waals surface area contributed by atoms with Gasteiger partial charge in [-0.05, 0) is 57.4 Å². The Balaban J connectivity index is 1.41. The highest BCUT2D eigenvalue weighted by Gasteiger charge is 2.29. The van der Waals surface area contributed by atoms with E-state index in [1.54, 1.807) is 0 Å². The summed E-state index contributed by atoms with van der Waals surface area (Å²) in [6, 6.07) is 4.69. The average molecular weight is 473 g/mol. The van der Waals surface area contributed by atoms with Crippen molar-refractivity contribution < 1.29 is 18.7 Å². The quantitative estimate of drug-likeness (QED) is 0.656. The molecule has 0 saturated carbocycles. The number of nitrogens with zero attached hydrogens (tertiary/aromatic N) is 4. The third-order valence-corrected chi connectivity index (χ3v) is 6.24. The fourth-order valence-corrected chi connectivity index (χ4v) is 4.45. The van der Waals surface area contributed by atoms with Gasteiger partial charge in [0.2, 0.25) is 5.89 Å². The maximum atomic E-state index is 12.3. The topological polar surface area (TPSA) is 105 Å². The minimum absolute atomic E-state index is 0.0792. The van der Waals surface area contributed by atoms with E-state index in [0.29, 0.717) is 31.7 Å². The zero-order chi connectivity index (χ0) is 24.2. The van der Waals surface area contributed by atoms with Crippen molar-refractivity contribution >= 4 is 17.8 Å². The second-order valence-electron chi connectivity index (χ2n) is 9.46. The van der Waals surface area contributed by atoms with E-state index in [1.165, 1.54) is 5.56 Å². The first-order valence-electron chi connectivity index (χ1n) is 12.0. The first-order valence-corrected chi connectivity index (χ1v) is 12.0. The van der Waals surface area contributed by atoms with Gasteiger partial charge in [0.1, 0.15) is 6.04 Å². The zero-order valence-electron chi connectivity index (χ0n) is 20.8. The minimum Gasteiger partial charge on any atom is -0.447 e. The van der Waals surface area contributed by atoms with Crippen LogP contribution in [0, 0.1) is 13.8 Å². The van der Waals surface area contributed by atoms with E-state index in [-0.39, 0.29) is 24.3 Å². The number of rotatable bonds is 6. The number of aromatic nitrogens is 2. The van der Waals surface area contributed by atoms with E-state index >= 15 is 0 Å². The van der Waals surface area contributed by atoms with Crippen LogP contribution in [0.1, 0.15) is 49.4 Å². The van der Waals surface area contributed by atoms with Gasteiger partial charge in [-0.25, -0.2) is 4.79 Å². The van der Waals surface area contributed by atoms with Crippen molar-refractivity contribution in [2.45, 2.75) is 59.4 Å². The molecule has 0 aliphatic carbocycles. The van der Waals surface area contributed by atoms with Gasteiger partial charge >= 0.3 is 12.1 Å². The SMILES string of the molecule is Cc1cc(CN2CCN(C(=O)OC(C)C)[C@@H](C)C2)c(C)c(Nc2nnc(C3COCCN3)o2)c1. The summed E-state index contributed by atoms with van der Waals surface area (Å²) < 4.78 is 16.7. The molecular formula is C24H36N6O4. The van der Waals surface area contributed by atoms with E-state index in [9.17, 15) is 4.79 Å². The lowest BCUT2D eigenvalue weighted by Gasteiger charge is -2.39. The highest BCUT2D eigenvalue weighted by molar-refractivity contribution is 5.68. The second-order valence-corrected chi connectivity index (χ2v) is 9.46. The number of morpholine rings is 1. The molecule has 2 aromatic rings. The molecule has 2 aliphatic rings. The number of anilines is 2. The van der Waals surface area contributed by atoms with Crippen LogP contribution >= 0.6 is 0 Å². The Morgan fingerprint density at radius 3 is 2.82 bits per heavy atom. The molecule has 2 N–H and O–H groups in total. The smallest absolute Gasteiger partial charge is 0.410 e. The molecule has 0 bridgehead atoms. The Kier molecular flexibility index (Phi) is 7.70. The lowest BCUT2D eigenvalue weighted by atomic mass is 10.0. The molecule has 34 heavy (non-hydrogen) atoms. The van der Waals surface area contributed by atoms with Gasteiger partial charge in [0.15, 0.2) is 0 Å². The van der Waals surface area contributed by atoms with Crippen LogP contribution in [0.5, 0.6) is 0 Å². The fraction of sp³-hybridized carbons (Fsp3) is 0.625. The lowest BCUT2D eigenvalue weighted by molar-refractivity contribution is 0.0349. The maximum absolute atomic E-state index is 12.3. The summed E-state index contributed by atoms with van der Waals surface area (Å²) in [7, 11) is 0.